The van der Waals surface area contributed by atoms with Gasteiger partial charge in [0.15, 0.2) is 0 Å². The van der Waals surface area contributed by atoms with Crippen LogP contribution in [0.4, 0.5) is 0 Å². The predicted octanol–water partition coefficient (Wildman–Crippen LogP) is 1.31. The van der Waals surface area contributed by atoms with Gasteiger partial charge in [0.05, 0.1) is 0 Å². The summed E-state index contributed by atoms with van der Waals surface area (Å²) in [7, 11) is 0. The van der Waals surface area contributed by atoms with E-state index in [2.05, 4.69) is 10.3 Å². The van der Waals surface area contributed by atoms with Crippen LogP contribution in [0, 0.1) is 5.92 Å². The molecule has 0 aliphatic heterocycles. The van der Waals surface area contributed by atoms with Crippen LogP contribution < -0.4 is 5.32 Å². The Labute approximate surface area is 99.9 Å². The zero-order valence-corrected chi connectivity index (χ0v) is 9.88. The van der Waals surface area contributed by atoms with Gasteiger partial charge in [-0.3, -0.25) is 9.78 Å². The summed E-state index contributed by atoms with van der Waals surface area (Å²) in [6, 6.07) is 4.04. The summed E-state index contributed by atoms with van der Waals surface area (Å²) in [6.45, 7) is 3.67. The lowest BCUT2D eigenvalue weighted by atomic mass is 9.99. The average molecular weight is 236 g/mol. The zero-order valence-electron chi connectivity index (χ0n) is 9.88. The van der Waals surface area contributed by atoms with Crippen LogP contribution >= 0.6 is 0 Å². The second kappa shape index (κ2) is 5.98. The largest absolute Gasteiger partial charge is 0.480 e. The van der Waals surface area contributed by atoms with Crippen molar-refractivity contribution in [2.45, 2.75) is 26.3 Å². The van der Waals surface area contributed by atoms with Crippen LogP contribution in [-0.4, -0.2) is 28.0 Å². The van der Waals surface area contributed by atoms with Crippen molar-refractivity contribution in [3.63, 3.8) is 0 Å². The molecule has 0 radical (unpaired) electrons. The number of aromatic nitrogens is 1. The zero-order chi connectivity index (χ0) is 12.8. The molecule has 0 fully saturated rings. The number of aliphatic carboxylic acids is 1. The van der Waals surface area contributed by atoms with Gasteiger partial charge in [0, 0.05) is 6.20 Å². The van der Waals surface area contributed by atoms with Crippen molar-refractivity contribution in [1.29, 1.82) is 0 Å². The lowest BCUT2D eigenvalue weighted by molar-refractivity contribution is -0.140. The molecule has 0 bridgehead atoms. The first kappa shape index (κ1) is 13.2. The van der Waals surface area contributed by atoms with Gasteiger partial charge in [0.1, 0.15) is 11.7 Å². The monoisotopic (exact) mass is 236 g/mol. The first-order valence-electron chi connectivity index (χ1n) is 5.51. The van der Waals surface area contributed by atoms with Gasteiger partial charge in [-0.05, 0) is 18.1 Å². The fourth-order valence-corrected chi connectivity index (χ4v) is 1.40. The summed E-state index contributed by atoms with van der Waals surface area (Å²) in [5.41, 5.74) is 0.224. The maximum absolute atomic E-state index is 11.7. The van der Waals surface area contributed by atoms with Gasteiger partial charge in [0.25, 0.3) is 5.91 Å². The first-order valence-corrected chi connectivity index (χ1v) is 5.51. The summed E-state index contributed by atoms with van der Waals surface area (Å²) in [6.07, 6.45) is 2.17. The van der Waals surface area contributed by atoms with E-state index in [0.29, 0.717) is 6.42 Å². The molecule has 0 unspecified atom stereocenters. The van der Waals surface area contributed by atoms with Crippen LogP contribution in [0.2, 0.25) is 0 Å². The molecule has 1 heterocycles. The SMILES string of the molecule is CC[C@H](C)[C@@H](NC(=O)c1ccccn1)C(=O)O. The van der Waals surface area contributed by atoms with Crippen LogP contribution in [0.1, 0.15) is 30.8 Å². The molecular formula is C12H16N2O3. The fraction of sp³-hybridized carbons (Fsp3) is 0.417. The number of hydrogen-bond acceptors (Lipinski definition) is 3. The summed E-state index contributed by atoms with van der Waals surface area (Å²) < 4.78 is 0. The lowest BCUT2D eigenvalue weighted by Crippen LogP contribution is -2.45. The number of rotatable bonds is 5. The van der Waals surface area contributed by atoms with Crippen LogP contribution in [0.15, 0.2) is 24.4 Å². The minimum Gasteiger partial charge on any atom is -0.480 e. The second-order valence-electron chi connectivity index (χ2n) is 3.89. The Bertz CT molecular complexity index is 392. The molecule has 0 saturated heterocycles. The van der Waals surface area contributed by atoms with Crippen LogP contribution in [0.25, 0.3) is 0 Å². The van der Waals surface area contributed by atoms with Crippen molar-refractivity contribution in [3.05, 3.63) is 30.1 Å². The van der Waals surface area contributed by atoms with Crippen molar-refractivity contribution in [3.8, 4) is 0 Å². The van der Waals surface area contributed by atoms with E-state index in [4.69, 9.17) is 5.11 Å². The Kier molecular flexibility index (Phi) is 4.63. The number of carboxylic acid groups (broad SMARTS) is 1. The molecule has 92 valence electrons. The van der Waals surface area contributed by atoms with Gasteiger partial charge in [-0.25, -0.2) is 4.79 Å². The Morgan fingerprint density at radius 2 is 2.18 bits per heavy atom. The van der Waals surface area contributed by atoms with Crippen LogP contribution in [-0.2, 0) is 4.79 Å². The summed E-state index contributed by atoms with van der Waals surface area (Å²) >= 11 is 0. The fourth-order valence-electron chi connectivity index (χ4n) is 1.40. The maximum Gasteiger partial charge on any atom is 0.326 e. The Morgan fingerprint density at radius 1 is 1.47 bits per heavy atom. The van der Waals surface area contributed by atoms with Crippen molar-refractivity contribution < 1.29 is 14.7 Å². The number of amides is 1. The molecule has 1 aromatic heterocycles. The third kappa shape index (κ3) is 3.55. The molecule has 5 nitrogen and oxygen atoms in total. The van der Waals surface area contributed by atoms with Gasteiger partial charge >= 0.3 is 5.97 Å². The van der Waals surface area contributed by atoms with E-state index in [1.165, 1.54) is 6.20 Å². The molecule has 2 N–H and O–H groups in total. The smallest absolute Gasteiger partial charge is 0.326 e. The molecule has 0 spiro atoms. The molecule has 0 aromatic carbocycles. The normalized spacial score (nSPS) is 13.8. The first-order chi connectivity index (χ1) is 8.06. The van der Waals surface area contributed by atoms with Crippen molar-refractivity contribution in [2.75, 3.05) is 0 Å². The molecular weight excluding hydrogens is 220 g/mol. The number of pyridine rings is 1. The van der Waals surface area contributed by atoms with E-state index in [0.717, 1.165) is 0 Å². The number of nitrogens with one attached hydrogen (secondary N) is 1. The van der Waals surface area contributed by atoms with Crippen molar-refractivity contribution in [1.82, 2.24) is 10.3 Å². The molecule has 2 atom stereocenters. The van der Waals surface area contributed by atoms with Gasteiger partial charge in [0.2, 0.25) is 0 Å². The second-order valence-corrected chi connectivity index (χ2v) is 3.89. The Balaban J connectivity index is 2.75. The lowest BCUT2D eigenvalue weighted by Gasteiger charge is -2.19. The number of carbonyl (C=O) groups is 2. The highest BCUT2D eigenvalue weighted by atomic mass is 16.4. The predicted molar refractivity (Wildman–Crippen MR) is 62.6 cm³/mol. The van der Waals surface area contributed by atoms with E-state index in [1.54, 1.807) is 25.1 Å². The van der Waals surface area contributed by atoms with Crippen molar-refractivity contribution in [2.24, 2.45) is 5.92 Å². The molecule has 17 heavy (non-hydrogen) atoms. The average Bonchev–Trinajstić information content (AvgIpc) is 2.35. The molecule has 1 aromatic rings. The maximum atomic E-state index is 11.7. The number of carboxylic acids is 1. The molecule has 0 aliphatic carbocycles. The third-order valence-corrected chi connectivity index (χ3v) is 2.66. The van der Waals surface area contributed by atoms with Gasteiger partial charge in [-0.15, -0.1) is 0 Å². The Morgan fingerprint density at radius 3 is 2.65 bits per heavy atom. The highest BCUT2D eigenvalue weighted by Gasteiger charge is 2.25. The summed E-state index contributed by atoms with van der Waals surface area (Å²) in [4.78, 5) is 26.6. The van der Waals surface area contributed by atoms with E-state index < -0.39 is 17.9 Å². The standard InChI is InChI=1S/C12H16N2O3/c1-3-8(2)10(12(16)17)14-11(15)9-6-4-5-7-13-9/h4-8,10H,3H2,1-2H3,(H,14,15)(H,16,17)/t8-,10+/m0/s1. The Hall–Kier alpha value is -1.91. The summed E-state index contributed by atoms with van der Waals surface area (Å²) in [5, 5.41) is 11.5. The summed E-state index contributed by atoms with van der Waals surface area (Å²) in [5.74, 6) is -1.61. The molecule has 1 amide bonds. The highest BCUT2D eigenvalue weighted by molar-refractivity contribution is 5.94. The van der Waals surface area contributed by atoms with E-state index in [1.807, 2.05) is 6.92 Å². The van der Waals surface area contributed by atoms with Crippen molar-refractivity contribution >= 4 is 11.9 Å². The molecule has 5 heteroatoms. The van der Waals surface area contributed by atoms with E-state index in [9.17, 15) is 9.59 Å². The van der Waals surface area contributed by atoms with Gasteiger partial charge in [-0.2, -0.15) is 0 Å². The molecule has 0 saturated carbocycles. The third-order valence-electron chi connectivity index (χ3n) is 2.66. The molecule has 1 rings (SSSR count). The van der Waals surface area contributed by atoms with E-state index >= 15 is 0 Å². The van der Waals surface area contributed by atoms with Crippen LogP contribution in [0.5, 0.6) is 0 Å². The minimum absolute atomic E-state index is 0.125. The van der Waals surface area contributed by atoms with Gasteiger partial charge < -0.3 is 10.4 Å². The van der Waals surface area contributed by atoms with Gasteiger partial charge in [-0.1, -0.05) is 26.3 Å². The van der Waals surface area contributed by atoms with E-state index in [-0.39, 0.29) is 11.6 Å². The quantitative estimate of drug-likeness (QED) is 0.807. The number of carbonyl (C=O) groups excluding carboxylic acids is 1. The molecule has 0 aliphatic rings. The highest BCUT2D eigenvalue weighted by Crippen LogP contribution is 2.08. The van der Waals surface area contributed by atoms with Crippen LogP contribution in [0.3, 0.4) is 0 Å². The number of nitrogens with zero attached hydrogens (tertiary/aromatic N) is 1. The topological polar surface area (TPSA) is 79.3 Å². The minimum atomic E-state index is -1.02. The number of hydrogen-bond donors (Lipinski definition) is 2.